The van der Waals surface area contributed by atoms with Crippen molar-refractivity contribution in [2.45, 2.75) is 6.54 Å². The molecule has 2 aromatic rings. The first-order valence-electron chi connectivity index (χ1n) is 5.69. The number of carbonyl (C=O) groups excluding carboxylic acids is 1. The summed E-state index contributed by atoms with van der Waals surface area (Å²) in [7, 11) is 1.51. The van der Waals surface area contributed by atoms with Crippen molar-refractivity contribution >= 4 is 23.2 Å². The fourth-order valence-electron chi connectivity index (χ4n) is 1.54. The Morgan fingerprint density at radius 2 is 2.20 bits per heavy atom. The van der Waals surface area contributed by atoms with Crippen molar-refractivity contribution in [3.63, 3.8) is 0 Å². The Morgan fingerprint density at radius 1 is 1.40 bits per heavy atom. The first-order valence-corrected chi connectivity index (χ1v) is 6.57. The number of carboxylic acid groups (broad SMARTS) is 1. The molecular weight excluding hydrogens is 280 g/mol. The molecule has 0 aliphatic rings. The number of rotatable bonds is 5. The molecule has 0 atom stereocenters. The highest BCUT2D eigenvalue weighted by Gasteiger charge is 2.13. The molecule has 0 aliphatic heterocycles. The predicted molar refractivity (Wildman–Crippen MR) is 73.2 cm³/mol. The molecule has 0 aliphatic carbocycles. The number of pyridine rings is 1. The van der Waals surface area contributed by atoms with Crippen molar-refractivity contribution in [2.24, 2.45) is 0 Å². The summed E-state index contributed by atoms with van der Waals surface area (Å²) in [4.78, 5) is 26.9. The van der Waals surface area contributed by atoms with Crippen molar-refractivity contribution < 1.29 is 19.4 Å². The van der Waals surface area contributed by atoms with Crippen LogP contribution in [0.2, 0.25) is 0 Å². The zero-order valence-corrected chi connectivity index (χ0v) is 11.4. The largest absolute Gasteiger partial charge is 0.495 e. The molecule has 0 radical (unpaired) electrons. The van der Waals surface area contributed by atoms with Gasteiger partial charge in [0.05, 0.1) is 7.11 Å². The Morgan fingerprint density at radius 3 is 2.80 bits per heavy atom. The van der Waals surface area contributed by atoms with Gasteiger partial charge in [-0.1, -0.05) is 6.07 Å². The van der Waals surface area contributed by atoms with Crippen molar-refractivity contribution in [1.82, 2.24) is 10.3 Å². The standard InChI is InChI=1S/C13H12N2O4S/c1-19-10-4-5-20-11(10)12(16)15-7-8-2-3-9(13(17)18)14-6-8/h2-6H,7H2,1H3,(H,15,16)(H,17,18). The van der Waals surface area contributed by atoms with E-state index in [1.165, 1.54) is 30.7 Å². The zero-order valence-electron chi connectivity index (χ0n) is 10.6. The van der Waals surface area contributed by atoms with Gasteiger partial charge in [-0.25, -0.2) is 9.78 Å². The van der Waals surface area contributed by atoms with E-state index in [0.29, 0.717) is 10.6 Å². The third-order valence-electron chi connectivity index (χ3n) is 2.55. The zero-order chi connectivity index (χ0) is 14.5. The van der Waals surface area contributed by atoms with E-state index >= 15 is 0 Å². The summed E-state index contributed by atoms with van der Waals surface area (Å²) in [5, 5.41) is 13.2. The molecule has 0 fully saturated rings. The molecule has 2 heterocycles. The first-order chi connectivity index (χ1) is 9.61. The number of amides is 1. The molecule has 104 valence electrons. The molecule has 0 aromatic carbocycles. The molecule has 0 spiro atoms. The van der Waals surface area contributed by atoms with Gasteiger partial charge in [0, 0.05) is 12.7 Å². The molecule has 0 saturated heterocycles. The summed E-state index contributed by atoms with van der Waals surface area (Å²) in [6.45, 7) is 0.271. The normalized spacial score (nSPS) is 10.1. The Hall–Kier alpha value is -2.41. The minimum atomic E-state index is -1.08. The number of aromatic carboxylic acids is 1. The molecule has 0 unspecified atom stereocenters. The van der Waals surface area contributed by atoms with Crippen LogP contribution in [0.15, 0.2) is 29.8 Å². The minimum absolute atomic E-state index is 0.0278. The maximum atomic E-state index is 11.9. The molecule has 2 aromatic heterocycles. The van der Waals surface area contributed by atoms with Gasteiger partial charge >= 0.3 is 5.97 Å². The summed E-state index contributed by atoms with van der Waals surface area (Å²) in [5.41, 5.74) is 0.693. The summed E-state index contributed by atoms with van der Waals surface area (Å²) in [5.74, 6) is -0.782. The second kappa shape index (κ2) is 6.16. The topological polar surface area (TPSA) is 88.5 Å². The van der Waals surface area contributed by atoms with Gasteiger partial charge in [0.2, 0.25) is 0 Å². The van der Waals surface area contributed by atoms with Gasteiger partial charge in [-0.15, -0.1) is 11.3 Å². The van der Waals surface area contributed by atoms with Crippen LogP contribution < -0.4 is 10.1 Å². The Balaban J connectivity index is 1.98. The highest BCUT2D eigenvalue weighted by Crippen LogP contribution is 2.24. The number of methoxy groups -OCH3 is 1. The Labute approximate surface area is 119 Å². The fraction of sp³-hybridized carbons (Fsp3) is 0.154. The third-order valence-corrected chi connectivity index (χ3v) is 3.45. The van der Waals surface area contributed by atoms with E-state index in [-0.39, 0.29) is 18.1 Å². The molecule has 7 heteroatoms. The number of nitrogens with zero attached hydrogens (tertiary/aromatic N) is 1. The summed E-state index contributed by atoms with van der Waals surface area (Å²) < 4.78 is 5.07. The number of hydrogen-bond acceptors (Lipinski definition) is 5. The van der Waals surface area contributed by atoms with Crippen LogP contribution >= 0.6 is 11.3 Å². The molecule has 2 rings (SSSR count). The van der Waals surface area contributed by atoms with Gasteiger partial charge in [0.15, 0.2) is 0 Å². The monoisotopic (exact) mass is 292 g/mol. The number of carboxylic acids is 1. The first kappa shape index (κ1) is 14.0. The molecule has 0 saturated carbocycles. The summed E-state index contributed by atoms with van der Waals surface area (Å²) in [6, 6.07) is 4.74. The van der Waals surface area contributed by atoms with Crippen LogP contribution in [0.25, 0.3) is 0 Å². The van der Waals surface area contributed by atoms with Gasteiger partial charge in [-0.05, 0) is 23.1 Å². The van der Waals surface area contributed by atoms with Gasteiger partial charge < -0.3 is 15.2 Å². The third kappa shape index (κ3) is 3.12. The molecule has 20 heavy (non-hydrogen) atoms. The lowest BCUT2D eigenvalue weighted by Crippen LogP contribution is -2.22. The van der Waals surface area contributed by atoms with Crippen molar-refractivity contribution in [2.75, 3.05) is 7.11 Å². The highest BCUT2D eigenvalue weighted by atomic mass is 32.1. The van der Waals surface area contributed by atoms with E-state index in [2.05, 4.69) is 10.3 Å². The van der Waals surface area contributed by atoms with Crippen LogP contribution in [-0.4, -0.2) is 29.1 Å². The number of nitrogens with one attached hydrogen (secondary N) is 1. The molecule has 2 N–H and O–H groups in total. The summed E-state index contributed by atoms with van der Waals surface area (Å²) >= 11 is 1.29. The smallest absolute Gasteiger partial charge is 0.354 e. The predicted octanol–water partition coefficient (Wildman–Crippen LogP) is 1.78. The average molecular weight is 292 g/mol. The van der Waals surface area contributed by atoms with E-state index in [1.807, 2.05) is 0 Å². The lowest BCUT2D eigenvalue weighted by molar-refractivity contribution is 0.0690. The second-order valence-electron chi connectivity index (χ2n) is 3.86. The maximum absolute atomic E-state index is 11.9. The number of thiophene rings is 1. The maximum Gasteiger partial charge on any atom is 0.354 e. The van der Waals surface area contributed by atoms with Crippen LogP contribution in [0.1, 0.15) is 25.7 Å². The fourth-order valence-corrected chi connectivity index (χ4v) is 2.32. The number of carbonyl (C=O) groups is 2. The van der Waals surface area contributed by atoms with Crippen LogP contribution in [-0.2, 0) is 6.54 Å². The summed E-state index contributed by atoms with van der Waals surface area (Å²) in [6.07, 6.45) is 1.43. The molecule has 1 amide bonds. The van der Waals surface area contributed by atoms with Gasteiger partial charge in [-0.3, -0.25) is 4.79 Å². The number of aromatic nitrogens is 1. The lowest BCUT2D eigenvalue weighted by atomic mass is 10.2. The van der Waals surface area contributed by atoms with E-state index in [9.17, 15) is 9.59 Å². The van der Waals surface area contributed by atoms with E-state index in [0.717, 1.165) is 5.56 Å². The van der Waals surface area contributed by atoms with Crippen LogP contribution in [0, 0.1) is 0 Å². The average Bonchev–Trinajstić information content (AvgIpc) is 2.93. The number of ether oxygens (including phenoxy) is 1. The quantitative estimate of drug-likeness (QED) is 0.877. The minimum Gasteiger partial charge on any atom is -0.495 e. The van der Waals surface area contributed by atoms with E-state index in [4.69, 9.17) is 9.84 Å². The van der Waals surface area contributed by atoms with Crippen LogP contribution in [0.3, 0.4) is 0 Å². The highest BCUT2D eigenvalue weighted by molar-refractivity contribution is 7.12. The van der Waals surface area contributed by atoms with Crippen molar-refractivity contribution in [1.29, 1.82) is 0 Å². The molecular formula is C13H12N2O4S. The van der Waals surface area contributed by atoms with Gasteiger partial charge in [-0.2, -0.15) is 0 Å². The van der Waals surface area contributed by atoms with E-state index < -0.39 is 5.97 Å². The van der Waals surface area contributed by atoms with Crippen molar-refractivity contribution in [3.05, 3.63) is 45.9 Å². The van der Waals surface area contributed by atoms with Gasteiger partial charge in [0.1, 0.15) is 16.3 Å². The number of hydrogen-bond donors (Lipinski definition) is 2. The van der Waals surface area contributed by atoms with Crippen molar-refractivity contribution in [3.8, 4) is 5.75 Å². The van der Waals surface area contributed by atoms with E-state index in [1.54, 1.807) is 17.5 Å². The second-order valence-corrected chi connectivity index (χ2v) is 4.77. The molecule has 0 bridgehead atoms. The Bertz CT molecular complexity index is 622. The van der Waals surface area contributed by atoms with Crippen LogP contribution in [0.5, 0.6) is 5.75 Å². The lowest BCUT2D eigenvalue weighted by Gasteiger charge is -2.05. The SMILES string of the molecule is COc1ccsc1C(=O)NCc1ccc(C(=O)O)nc1. The molecule has 6 nitrogen and oxygen atoms in total. The van der Waals surface area contributed by atoms with Crippen LogP contribution in [0.4, 0.5) is 0 Å². The van der Waals surface area contributed by atoms with Gasteiger partial charge in [0.25, 0.3) is 5.91 Å². The Kier molecular flexibility index (Phi) is 4.31.